The Morgan fingerprint density at radius 1 is 0.771 bits per heavy atom. The highest BCUT2D eigenvalue weighted by atomic mass is 16.5. The van der Waals surface area contributed by atoms with Crippen molar-refractivity contribution in [1.82, 2.24) is 15.6 Å². The van der Waals surface area contributed by atoms with Crippen LogP contribution in [0.5, 0.6) is 0 Å². The van der Waals surface area contributed by atoms with Crippen LogP contribution in [0.4, 0.5) is 5.69 Å². The van der Waals surface area contributed by atoms with Gasteiger partial charge in [0.15, 0.2) is 0 Å². The number of anilines is 1. The summed E-state index contributed by atoms with van der Waals surface area (Å²) in [6.45, 7) is 3.47. The van der Waals surface area contributed by atoms with Gasteiger partial charge in [-0.15, -0.1) is 0 Å². The third-order valence-corrected chi connectivity index (χ3v) is 8.20. The molecule has 0 saturated heterocycles. The average Bonchev–Trinajstić information content (AvgIpc) is 3.56. The summed E-state index contributed by atoms with van der Waals surface area (Å²) < 4.78 is 9.87. The molecule has 11 nitrogen and oxygen atoms in total. The molecule has 0 radical (unpaired) electrons. The number of amides is 3. The summed E-state index contributed by atoms with van der Waals surface area (Å²) in [5.74, 6) is -2.52. The van der Waals surface area contributed by atoms with Crippen LogP contribution < -0.4 is 16.0 Å². The fourth-order valence-corrected chi connectivity index (χ4v) is 5.72. The summed E-state index contributed by atoms with van der Waals surface area (Å²) in [4.78, 5) is 68.2. The lowest BCUT2D eigenvalue weighted by Crippen LogP contribution is -2.43. The third kappa shape index (κ3) is 7.36. The van der Waals surface area contributed by atoms with Crippen LogP contribution in [0.2, 0.25) is 0 Å². The predicted octanol–water partition coefficient (Wildman–Crippen LogP) is 4.15. The van der Waals surface area contributed by atoms with Gasteiger partial charge in [-0.2, -0.15) is 0 Å². The van der Waals surface area contributed by atoms with Crippen molar-refractivity contribution in [1.29, 1.82) is 0 Å². The van der Waals surface area contributed by atoms with Gasteiger partial charge in [0.2, 0.25) is 0 Å². The van der Waals surface area contributed by atoms with Crippen LogP contribution in [0.25, 0.3) is 11.6 Å². The molecule has 4 N–H and O–H groups in total. The van der Waals surface area contributed by atoms with Crippen molar-refractivity contribution in [3.05, 3.63) is 124 Å². The highest BCUT2D eigenvalue weighted by molar-refractivity contribution is 6.35. The number of esters is 2. The largest absolute Gasteiger partial charge is 0.467 e. The van der Waals surface area contributed by atoms with E-state index in [-0.39, 0.29) is 29.9 Å². The zero-order valence-corrected chi connectivity index (χ0v) is 27.0. The zero-order valence-electron chi connectivity index (χ0n) is 27.0. The van der Waals surface area contributed by atoms with Crippen molar-refractivity contribution in [2.24, 2.45) is 0 Å². The zero-order chi connectivity index (χ0) is 34.4. The van der Waals surface area contributed by atoms with Crippen molar-refractivity contribution >= 4 is 47.0 Å². The average molecular weight is 649 g/mol. The smallest absolute Gasteiger partial charge is 0.328 e. The minimum atomic E-state index is -0.923. The molecule has 0 fully saturated rings. The number of carbonyl (C=O) groups excluding carboxylic acids is 5. The topological polar surface area (TPSA) is 156 Å². The second-order valence-electron chi connectivity index (χ2n) is 11.4. The quantitative estimate of drug-likeness (QED) is 0.141. The van der Waals surface area contributed by atoms with E-state index >= 15 is 0 Å². The summed E-state index contributed by atoms with van der Waals surface area (Å²) in [6, 6.07) is 21.5. The van der Waals surface area contributed by atoms with Crippen LogP contribution in [0, 0.1) is 13.8 Å². The Bertz CT molecular complexity index is 1900. The van der Waals surface area contributed by atoms with Crippen molar-refractivity contribution in [2.45, 2.75) is 38.8 Å². The Labute approximate surface area is 277 Å². The molecular formula is C37H36N4O7. The van der Waals surface area contributed by atoms with E-state index in [4.69, 9.17) is 9.47 Å². The van der Waals surface area contributed by atoms with Gasteiger partial charge < -0.3 is 30.4 Å². The summed E-state index contributed by atoms with van der Waals surface area (Å²) >= 11 is 0. The second-order valence-corrected chi connectivity index (χ2v) is 11.4. The van der Waals surface area contributed by atoms with E-state index in [1.807, 2.05) is 60.7 Å². The van der Waals surface area contributed by atoms with Gasteiger partial charge in [-0.3, -0.25) is 14.4 Å². The van der Waals surface area contributed by atoms with Gasteiger partial charge in [-0.25, -0.2) is 9.59 Å². The van der Waals surface area contributed by atoms with E-state index in [0.717, 1.165) is 11.1 Å². The van der Waals surface area contributed by atoms with E-state index in [1.165, 1.54) is 14.2 Å². The number of aromatic amines is 1. The summed E-state index contributed by atoms with van der Waals surface area (Å²) in [5.41, 5.74) is 5.18. The van der Waals surface area contributed by atoms with Gasteiger partial charge in [-0.05, 0) is 54.8 Å². The number of fused-ring (bicyclic) bond motifs is 1. The number of methoxy groups -OCH3 is 2. The molecule has 0 aliphatic carbocycles. The lowest BCUT2D eigenvalue weighted by molar-refractivity contribution is -0.143. The third-order valence-electron chi connectivity index (χ3n) is 8.20. The highest BCUT2D eigenvalue weighted by Crippen LogP contribution is 2.35. The standard InChI is InChI=1S/C37H36N4O7/c1-21-29(38-22(2)32(21)35(44)41-31(37(46)48-4)18-24-13-9-6-10-14-24)20-27-26-19-25(15-16-28(26)39-34(27)43)33(42)40-30(36(45)47-3)17-23-11-7-5-8-12-23/h5-16,19-20,30-31,38H,17-18H2,1-4H3,(H,39,43)(H,40,42)(H,41,44)/t30-,31-/m0/s1. The van der Waals surface area contributed by atoms with Crippen molar-refractivity contribution < 1.29 is 33.4 Å². The summed E-state index contributed by atoms with van der Waals surface area (Å²) in [6.07, 6.45) is 2.11. The molecule has 1 aromatic heterocycles. The van der Waals surface area contributed by atoms with Gasteiger partial charge in [0.1, 0.15) is 12.1 Å². The van der Waals surface area contributed by atoms with Crippen LogP contribution in [-0.4, -0.2) is 60.9 Å². The Balaban J connectivity index is 1.38. The Morgan fingerprint density at radius 2 is 1.31 bits per heavy atom. The maximum absolute atomic E-state index is 13.5. The minimum absolute atomic E-state index is 0.239. The van der Waals surface area contributed by atoms with Gasteiger partial charge >= 0.3 is 11.9 Å². The maximum Gasteiger partial charge on any atom is 0.328 e. The van der Waals surface area contributed by atoms with Crippen LogP contribution in [0.3, 0.4) is 0 Å². The molecular weight excluding hydrogens is 612 g/mol. The fourth-order valence-electron chi connectivity index (χ4n) is 5.72. The summed E-state index contributed by atoms with van der Waals surface area (Å²) in [5, 5.41) is 8.36. The lowest BCUT2D eigenvalue weighted by atomic mass is 10.0. The Morgan fingerprint density at radius 3 is 1.85 bits per heavy atom. The number of hydrogen-bond acceptors (Lipinski definition) is 7. The number of H-pyrrole nitrogens is 1. The van der Waals surface area contributed by atoms with Gasteiger partial charge in [-0.1, -0.05) is 60.7 Å². The molecule has 0 unspecified atom stereocenters. The van der Waals surface area contributed by atoms with Crippen LogP contribution in [0.15, 0.2) is 78.9 Å². The first-order chi connectivity index (χ1) is 23.1. The van der Waals surface area contributed by atoms with Crippen molar-refractivity contribution in [2.75, 3.05) is 19.5 Å². The number of benzene rings is 3. The number of aryl methyl sites for hydroxylation is 1. The molecule has 246 valence electrons. The highest BCUT2D eigenvalue weighted by Gasteiger charge is 2.29. The molecule has 5 rings (SSSR count). The van der Waals surface area contributed by atoms with Gasteiger partial charge in [0.25, 0.3) is 17.7 Å². The molecule has 0 bridgehead atoms. The number of carbonyl (C=O) groups is 5. The molecule has 48 heavy (non-hydrogen) atoms. The Hall–Kier alpha value is -5.97. The van der Waals surface area contributed by atoms with Crippen molar-refractivity contribution in [3.63, 3.8) is 0 Å². The maximum atomic E-state index is 13.5. The molecule has 4 aromatic rings. The minimum Gasteiger partial charge on any atom is -0.467 e. The molecule has 2 heterocycles. The first kappa shape index (κ1) is 33.4. The van der Waals surface area contributed by atoms with Gasteiger partial charge in [0, 0.05) is 41.0 Å². The van der Waals surface area contributed by atoms with E-state index in [0.29, 0.717) is 33.8 Å². The fraction of sp³-hybridized carbons (Fsp3) is 0.216. The molecule has 0 saturated carbocycles. The molecule has 2 atom stereocenters. The number of hydrogen-bond donors (Lipinski definition) is 4. The van der Waals surface area contributed by atoms with Crippen LogP contribution in [0.1, 0.15) is 54.4 Å². The number of rotatable bonds is 11. The van der Waals surface area contributed by atoms with E-state index < -0.39 is 35.8 Å². The molecule has 1 aliphatic heterocycles. The normalized spacial score (nSPS) is 14.0. The molecule has 0 spiro atoms. The predicted molar refractivity (Wildman–Crippen MR) is 180 cm³/mol. The number of ether oxygens (including phenoxy) is 2. The number of nitrogens with one attached hydrogen (secondary N) is 4. The van der Waals surface area contributed by atoms with E-state index in [9.17, 15) is 24.0 Å². The van der Waals surface area contributed by atoms with Gasteiger partial charge in [0.05, 0.1) is 25.4 Å². The van der Waals surface area contributed by atoms with Crippen LogP contribution >= 0.6 is 0 Å². The first-order valence-corrected chi connectivity index (χ1v) is 15.3. The monoisotopic (exact) mass is 648 g/mol. The van der Waals surface area contributed by atoms with E-state index in [1.54, 1.807) is 38.1 Å². The molecule has 1 aliphatic rings. The van der Waals surface area contributed by atoms with E-state index in [2.05, 4.69) is 20.9 Å². The molecule has 3 amide bonds. The molecule has 11 heteroatoms. The van der Waals surface area contributed by atoms with Crippen LogP contribution in [-0.2, 0) is 36.7 Å². The second kappa shape index (κ2) is 14.6. The SMILES string of the molecule is COC(=O)[C@H](Cc1ccccc1)NC(=O)c1ccc2c(c1)C(=Cc1[nH]c(C)c(C(=O)N[C@@H](Cc3ccccc3)C(=O)OC)c1C)C(=O)N2. The Kier molecular flexibility index (Phi) is 10.2. The first-order valence-electron chi connectivity index (χ1n) is 15.3. The van der Waals surface area contributed by atoms with Crippen molar-refractivity contribution in [3.8, 4) is 0 Å². The lowest BCUT2D eigenvalue weighted by Gasteiger charge is -2.17. The summed E-state index contributed by atoms with van der Waals surface area (Å²) in [7, 11) is 2.53. The number of aromatic nitrogens is 1. The molecule has 3 aromatic carbocycles.